The first kappa shape index (κ1) is 13.4. The standard InChI is InChI=1S/C18H20N2O2/c1-11-8-12-9-13(20-6-2-3-7-20)4-5-14(12)18-17(11)15(21)10-16(22)19-18/h4-5,9-11H,2-3,6-8H2,1H3,(H2,19,21,22). The third-order valence-electron chi connectivity index (χ3n) is 4.91. The highest BCUT2D eigenvalue weighted by Gasteiger charge is 2.26. The second kappa shape index (κ2) is 4.90. The van der Waals surface area contributed by atoms with Crippen LogP contribution in [0.4, 0.5) is 5.69 Å². The summed E-state index contributed by atoms with van der Waals surface area (Å²) >= 11 is 0. The molecule has 2 N–H and O–H groups in total. The van der Waals surface area contributed by atoms with Gasteiger partial charge < -0.3 is 15.0 Å². The molecule has 0 saturated carbocycles. The van der Waals surface area contributed by atoms with Crippen molar-refractivity contribution < 1.29 is 5.11 Å². The average Bonchev–Trinajstić information content (AvgIpc) is 3.00. The van der Waals surface area contributed by atoms with E-state index in [0.29, 0.717) is 0 Å². The van der Waals surface area contributed by atoms with Crippen LogP contribution >= 0.6 is 0 Å². The first-order valence-electron chi connectivity index (χ1n) is 7.98. The van der Waals surface area contributed by atoms with E-state index < -0.39 is 0 Å². The highest BCUT2D eigenvalue weighted by atomic mass is 16.3. The smallest absolute Gasteiger partial charge is 0.252 e. The van der Waals surface area contributed by atoms with Crippen molar-refractivity contribution in [3.05, 3.63) is 45.7 Å². The molecule has 4 rings (SSSR count). The van der Waals surface area contributed by atoms with Crippen molar-refractivity contribution in [3.8, 4) is 17.0 Å². The van der Waals surface area contributed by atoms with E-state index in [2.05, 4.69) is 35.0 Å². The maximum Gasteiger partial charge on any atom is 0.252 e. The number of benzene rings is 1. The molecule has 1 aliphatic heterocycles. The molecule has 4 heteroatoms. The van der Waals surface area contributed by atoms with Gasteiger partial charge in [-0.05, 0) is 42.9 Å². The van der Waals surface area contributed by atoms with E-state index in [1.165, 1.54) is 30.2 Å². The van der Waals surface area contributed by atoms with E-state index in [1.807, 2.05) is 0 Å². The van der Waals surface area contributed by atoms with Crippen LogP contribution in [0.25, 0.3) is 11.3 Å². The molecule has 1 aliphatic carbocycles. The molecular weight excluding hydrogens is 276 g/mol. The number of rotatable bonds is 1. The number of aromatic hydroxyl groups is 1. The number of hydrogen-bond donors (Lipinski definition) is 2. The van der Waals surface area contributed by atoms with E-state index in [-0.39, 0.29) is 17.2 Å². The predicted molar refractivity (Wildman–Crippen MR) is 87.7 cm³/mol. The third-order valence-corrected chi connectivity index (χ3v) is 4.91. The lowest BCUT2D eigenvalue weighted by molar-refractivity contribution is 0.460. The Morgan fingerprint density at radius 1 is 1.23 bits per heavy atom. The summed E-state index contributed by atoms with van der Waals surface area (Å²) in [5.41, 5.74) is 4.97. The molecule has 22 heavy (non-hydrogen) atoms. The fourth-order valence-electron chi connectivity index (χ4n) is 3.86. The molecule has 1 fully saturated rings. The minimum atomic E-state index is -0.250. The van der Waals surface area contributed by atoms with Crippen LogP contribution in [0.3, 0.4) is 0 Å². The van der Waals surface area contributed by atoms with Crippen molar-refractivity contribution in [1.82, 2.24) is 4.98 Å². The van der Waals surface area contributed by atoms with E-state index in [0.717, 1.165) is 36.3 Å². The number of aromatic nitrogens is 1. The lowest BCUT2D eigenvalue weighted by Gasteiger charge is -2.27. The zero-order valence-corrected chi connectivity index (χ0v) is 12.7. The van der Waals surface area contributed by atoms with Gasteiger partial charge in [0.05, 0.1) is 5.69 Å². The number of nitrogens with one attached hydrogen (secondary N) is 1. The zero-order valence-electron chi connectivity index (χ0n) is 12.7. The summed E-state index contributed by atoms with van der Waals surface area (Å²) in [6, 6.07) is 7.75. The minimum Gasteiger partial charge on any atom is -0.507 e. The van der Waals surface area contributed by atoms with Crippen LogP contribution in [0, 0.1) is 0 Å². The van der Waals surface area contributed by atoms with Gasteiger partial charge in [-0.1, -0.05) is 13.0 Å². The lowest BCUT2D eigenvalue weighted by Crippen LogP contribution is -2.19. The Balaban J connectivity index is 1.86. The second-order valence-corrected chi connectivity index (χ2v) is 6.45. The highest BCUT2D eigenvalue weighted by molar-refractivity contribution is 5.75. The number of hydrogen-bond acceptors (Lipinski definition) is 3. The van der Waals surface area contributed by atoms with Crippen LogP contribution in [-0.2, 0) is 6.42 Å². The van der Waals surface area contributed by atoms with Gasteiger partial charge in [-0.15, -0.1) is 0 Å². The predicted octanol–water partition coefficient (Wildman–Crippen LogP) is 3.01. The number of anilines is 1. The molecule has 2 aliphatic rings. The van der Waals surface area contributed by atoms with E-state index in [1.54, 1.807) is 0 Å². The van der Waals surface area contributed by atoms with Gasteiger partial charge >= 0.3 is 0 Å². The maximum atomic E-state index is 11.7. The summed E-state index contributed by atoms with van der Waals surface area (Å²) in [7, 11) is 0. The first-order valence-corrected chi connectivity index (χ1v) is 7.98. The van der Waals surface area contributed by atoms with Crippen molar-refractivity contribution in [2.45, 2.75) is 32.1 Å². The monoisotopic (exact) mass is 296 g/mol. The SMILES string of the molecule is CC1Cc2cc(N3CCCC3)ccc2-c2[nH]c(=O)cc(O)c21. The van der Waals surface area contributed by atoms with E-state index in [9.17, 15) is 9.90 Å². The van der Waals surface area contributed by atoms with Gasteiger partial charge in [0.25, 0.3) is 5.56 Å². The molecule has 1 aromatic heterocycles. The molecule has 114 valence electrons. The van der Waals surface area contributed by atoms with Crippen molar-refractivity contribution in [2.75, 3.05) is 18.0 Å². The van der Waals surface area contributed by atoms with Crippen LogP contribution in [0.1, 0.15) is 36.8 Å². The summed E-state index contributed by atoms with van der Waals surface area (Å²) in [5.74, 6) is 0.314. The molecule has 4 nitrogen and oxygen atoms in total. The van der Waals surface area contributed by atoms with Gasteiger partial charge in [0.1, 0.15) is 5.75 Å². The minimum absolute atomic E-state index is 0.112. The van der Waals surface area contributed by atoms with Crippen LogP contribution in [0.15, 0.2) is 29.1 Å². The maximum absolute atomic E-state index is 11.7. The fourth-order valence-corrected chi connectivity index (χ4v) is 3.86. The summed E-state index contributed by atoms with van der Waals surface area (Å²) in [6.07, 6.45) is 3.42. The summed E-state index contributed by atoms with van der Waals surface area (Å²) in [4.78, 5) is 17.1. The molecule has 2 heterocycles. The van der Waals surface area contributed by atoms with Crippen molar-refractivity contribution in [3.63, 3.8) is 0 Å². The average molecular weight is 296 g/mol. The summed E-state index contributed by atoms with van der Waals surface area (Å²) < 4.78 is 0. The van der Waals surface area contributed by atoms with Gasteiger partial charge in [-0.25, -0.2) is 0 Å². The molecule has 1 aromatic carbocycles. The lowest BCUT2D eigenvalue weighted by atomic mass is 9.81. The Labute approximate surface area is 129 Å². The topological polar surface area (TPSA) is 56.3 Å². The Morgan fingerprint density at radius 3 is 2.77 bits per heavy atom. The van der Waals surface area contributed by atoms with Gasteiger partial charge in [-0.3, -0.25) is 4.79 Å². The Hall–Kier alpha value is -2.23. The summed E-state index contributed by atoms with van der Waals surface area (Å²) in [5, 5.41) is 10.1. The fraction of sp³-hybridized carbons (Fsp3) is 0.389. The Kier molecular flexibility index (Phi) is 2.99. The zero-order chi connectivity index (χ0) is 15.3. The highest BCUT2D eigenvalue weighted by Crippen LogP contribution is 2.42. The molecule has 1 unspecified atom stereocenters. The Bertz CT molecular complexity index is 788. The van der Waals surface area contributed by atoms with Gasteiger partial charge in [-0.2, -0.15) is 0 Å². The van der Waals surface area contributed by atoms with E-state index >= 15 is 0 Å². The van der Waals surface area contributed by atoms with Crippen LogP contribution in [0.2, 0.25) is 0 Å². The van der Waals surface area contributed by atoms with Gasteiger partial charge in [0.15, 0.2) is 0 Å². The van der Waals surface area contributed by atoms with Crippen molar-refractivity contribution in [2.24, 2.45) is 0 Å². The molecule has 0 bridgehead atoms. The Morgan fingerprint density at radius 2 is 2.00 bits per heavy atom. The molecule has 0 radical (unpaired) electrons. The third kappa shape index (κ3) is 2.02. The largest absolute Gasteiger partial charge is 0.507 e. The molecular formula is C18H20N2O2. The van der Waals surface area contributed by atoms with Gasteiger partial charge in [0.2, 0.25) is 0 Å². The molecule has 0 amide bonds. The first-order chi connectivity index (χ1) is 10.6. The number of pyridine rings is 1. The number of fused-ring (bicyclic) bond motifs is 3. The molecule has 1 saturated heterocycles. The molecule has 2 aromatic rings. The van der Waals surface area contributed by atoms with E-state index in [4.69, 9.17) is 0 Å². The normalized spacial score (nSPS) is 19.9. The van der Waals surface area contributed by atoms with Crippen molar-refractivity contribution >= 4 is 5.69 Å². The van der Waals surface area contributed by atoms with Crippen LogP contribution < -0.4 is 10.5 Å². The summed E-state index contributed by atoms with van der Waals surface area (Å²) in [6.45, 7) is 4.35. The quantitative estimate of drug-likeness (QED) is 0.850. The second-order valence-electron chi connectivity index (χ2n) is 6.45. The number of nitrogens with zero attached hydrogens (tertiary/aromatic N) is 1. The molecule has 0 spiro atoms. The van der Waals surface area contributed by atoms with Gasteiger partial charge in [0, 0.05) is 36.0 Å². The number of H-pyrrole nitrogens is 1. The molecule has 1 atom stereocenters. The number of aromatic amines is 1. The van der Waals surface area contributed by atoms with Crippen LogP contribution in [-0.4, -0.2) is 23.2 Å². The van der Waals surface area contributed by atoms with Crippen molar-refractivity contribution in [1.29, 1.82) is 0 Å². The van der Waals surface area contributed by atoms with Crippen LogP contribution in [0.5, 0.6) is 5.75 Å².